The zero-order valence-corrected chi connectivity index (χ0v) is 11.1. The van der Waals surface area contributed by atoms with Gasteiger partial charge in [-0.2, -0.15) is 0 Å². The molecule has 0 spiro atoms. The van der Waals surface area contributed by atoms with Gasteiger partial charge in [0.15, 0.2) is 0 Å². The molecule has 2 N–H and O–H groups in total. The average Bonchev–Trinajstić information content (AvgIpc) is 3.30. The Bertz CT molecular complexity index is 542. The Labute approximate surface area is 116 Å². The van der Waals surface area contributed by atoms with E-state index >= 15 is 0 Å². The molecule has 0 saturated heterocycles. The smallest absolute Gasteiger partial charge is 0.224 e. The first-order chi connectivity index (χ1) is 9.65. The molecule has 0 bridgehead atoms. The largest absolute Gasteiger partial charge is 0.353 e. The summed E-state index contributed by atoms with van der Waals surface area (Å²) in [4.78, 5) is 23.6. The van der Waals surface area contributed by atoms with Crippen LogP contribution in [0.4, 0.5) is 4.39 Å². The van der Waals surface area contributed by atoms with E-state index < -0.39 is 0 Å². The Balaban J connectivity index is 1.46. The van der Waals surface area contributed by atoms with E-state index in [2.05, 4.69) is 10.6 Å². The molecule has 2 unspecified atom stereocenters. The summed E-state index contributed by atoms with van der Waals surface area (Å²) >= 11 is 0. The predicted molar refractivity (Wildman–Crippen MR) is 71.0 cm³/mol. The third-order valence-electron chi connectivity index (χ3n) is 3.80. The van der Waals surface area contributed by atoms with Crippen molar-refractivity contribution in [3.8, 4) is 0 Å². The number of carbonyl (C=O) groups excluding carboxylic acids is 2. The van der Waals surface area contributed by atoms with Gasteiger partial charge in [0.25, 0.3) is 0 Å². The van der Waals surface area contributed by atoms with Crippen LogP contribution >= 0.6 is 0 Å². The van der Waals surface area contributed by atoms with Gasteiger partial charge in [-0.25, -0.2) is 4.39 Å². The third-order valence-corrected chi connectivity index (χ3v) is 3.80. The molecule has 0 aromatic heterocycles. The van der Waals surface area contributed by atoms with Crippen LogP contribution in [0.25, 0.3) is 0 Å². The zero-order valence-electron chi connectivity index (χ0n) is 11.1. The highest BCUT2D eigenvalue weighted by atomic mass is 19.1. The summed E-state index contributed by atoms with van der Waals surface area (Å²) in [5.74, 6) is -0.953. The van der Waals surface area contributed by atoms with Gasteiger partial charge in [-0.15, -0.1) is 0 Å². The maximum Gasteiger partial charge on any atom is 0.224 e. The van der Waals surface area contributed by atoms with Crippen molar-refractivity contribution in [2.75, 3.05) is 0 Å². The summed E-state index contributed by atoms with van der Waals surface area (Å²) in [7, 11) is 0. The molecule has 3 rings (SSSR count). The van der Waals surface area contributed by atoms with E-state index in [0.717, 1.165) is 12.8 Å². The minimum Gasteiger partial charge on any atom is -0.353 e. The van der Waals surface area contributed by atoms with Crippen LogP contribution in [0.2, 0.25) is 0 Å². The van der Waals surface area contributed by atoms with Crippen molar-refractivity contribution in [1.29, 1.82) is 0 Å². The Hall–Kier alpha value is -1.91. The normalized spacial score (nSPS) is 24.1. The molecular weight excluding hydrogens is 259 g/mol. The summed E-state index contributed by atoms with van der Waals surface area (Å²) in [6.07, 6.45) is 2.69. The van der Waals surface area contributed by atoms with Gasteiger partial charge < -0.3 is 10.6 Å². The fourth-order valence-corrected chi connectivity index (χ4v) is 2.27. The van der Waals surface area contributed by atoms with Crippen LogP contribution < -0.4 is 10.6 Å². The van der Waals surface area contributed by atoms with Crippen LogP contribution in [0.5, 0.6) is 0 Å². The lowest BCUT2D eigenvalue weighted by Crippen LogP contribution is -2.31. The van der Waals surface area contributed by atoms with Crippen molar-refractivity contribution in [1.82, 2.24) is 10.6 Å². The quantitative estimate of drug-likeness (QED) is 0.853. The number of rotatable bonds is 5. The van der Waals surface area contributed by atoms with E-state index in [4.69, 9.17) is 0 Å². The zero-order chi connectivity index (χ0) is 14.1. The predicted octanol–water partition coefficient (Wildman–Crippen LogP) is 1.36. The molecule has 2 aliphatic carbocycles. The van der Waals surface area contributed by atoms with Crippen molar-refractivity contribution in [3.05, 3.63) is 35.6 Å². The van der Waals surface area contributed by atoms with Gasteiger partial charge in [-0.1, -0.05) is 18.2 Å². The third kappa shape index (κ3) is 2.98. The number of hydrogen-bond acceptors (Lipinski definition) is 2. The highest BCUT2D eigenvalue weighted by Crippen LogP contribution is 2.39. The Morgan fingerprint density at radius 2 is 1.85 bits per heavy atom. The number of benzene rings is 1. The van der Waals surface area contributed by atoms with Gasteiger partial charge in [0.2, 0.25) is 11.8 Å². The molecule has 1 aromatic carbocycles. The highest BCUT2D eigenvalue weighted by molar-refractivity contribution is 5.92. The van der Waals surface area contributed by atoms with Gasteiger partial charge >= 0.3 is 0 Å². The summed E-state index contributed by atoms with van der Waals surface area (Å²) in [6, 6.07) is 6.67. The summed E-state index contributed by atoms with van der Waals surface area (Å²) in [6.45, 7) is 0.166. The van der Waals surface area contributed by atoms with Crippen LogP contribution in [0.15, 0.2) is 24.3 Å². The molecule has 106 valence electrons. The van der Waals surface area contributed by atoms with Crippen LogP contribution in [0, 0.1) is 17.7 Å². The number of carbonyl (C=O) groups is 2. The molecule has 2 fully saturated rings. The summed E-state index contributed by atoms with van der Waals surface area (Å²) < 4.78 is 13.4. The van der Waals surface area contributed by atoms with Gasteiger partial charge in [-0.05, 0) is 25.3 Å². The van der Waals surface area contributed by atoms with E-state index in [9.17, 15) is 14.0 Å². The van der Waals surface area contributed by atoms with Crippen LogP contribution in [0.1, 0.15) is 24.8 Å². The number of halogens is 1. The molecule has 4 nitrogen and oxygen atoms in total. The first-order valence-corrected chi connectivity index (χ1v) is 6.96. The molecule has 2 atom stereocenters. The van der Waals surface area contributed by atoms with E-state index in [1.807, 2.05) is 0 Å². The van der Waals surface area contributed by atoms with Crippen molar-refractivity contribution < 1.29 is 14.0 Å². The number of nitrogens with one attached hydrogen (secondary N) is 2. The van der Waals surface area contributed by atoms with E-state index in [0.29, 0.717) is 18.0 Å². The molecular formula is C15H17FN2O2. The lowest BCUT2D eigenvalue weighted by Gasteiger charge is -2.06. The Morgan fingerprint density at radius 3 is 2.55 bits per heavy atom. The van der Waals surface area contributed by atoms with Gasteiger partial charge in [-0.3, -0.25) is 9.59 Å². The lowest BCUT2D eigenvalue weighted by molar-refractivity contribution is -0.127. The molecule has 0 radical (unpaired) electrons. The van der Waals surface area contributed by atoms with Crippen molar-refractivity contribution in [2.45, 2.75) is 31.8 Å². The standard InChI is InChI=1S/C15H17FN2O2/c16-13-4-2-1-3-9(13)8-17-14(19)11-7-12(11)15(20)18-10-5-6-10/h1-4,10-12H,5-8H2,(H,17,19)(H,18,20). The minimum absolute atomic E-state index is 0.0152. The summed E-state index contributed by atoms with van der Waals surface area (Å²) in [5.41, 5.74) is 0.459. The molecule has 2 saturated carbocycles. The van der Waals surface area contributed by atoms with E-state index in [1.165, 1.54) is 6.07 Å². The SMILES string of the molecule is O=C(NCc1ccccc1F)C1CC1C(=O)NC1CC1. The fraction of sp³-hybridized carbons (Fsp3) is 0.467. The molecule has 1 aromatic rings. The molecule has 2 amide bonds. The van der Waals surface area contributed by atoms with Gasteiger partial charge in [0.1, 0.15) is 5.82 Å². The van der Waals surface area contributed by atoms with Gasteiger partial charge in [0, 0.05) is 18.2 Å². The molecule has 5 heteroatoms. The van der Waals surface area contributed by atoms with Crippen molar-refractivity contribution in [3.63, 3.8) is 0 Å². The fourth-order valence-electron chi connectivity index (χ4n) is 2.27. The van der Waals surface area contributed by atoms with Crippen LogP contribution in [-0.2, 0) is 16.1 Å². The van der Waals surface area contributed by atoms with Crippen LogP contribution in [-0.4, -0.2) is 17.9 Å². The van der Waals surface area contributed by atoms with Gasteiger partial charge in [0.05, 0.1) is 11.8 Å². The van der Waals surface area contributed by atoms with Crippen molar-refractivity contribution >= 4 is 11.8 Å². The molecule has 20 heavy (non-hydrogen) atoms. The second kappa shape index (κ2) is 5.23. The molecule has 2 aliphatic rings. The van der Waals surface area contributed by atoms with E-state index in [1.54, 1.807) is 18.2 Å². The Kier molecular flexibility index (Phi) is 3.42. The molecule has 0 aliphatic heterocycles. The molecule has 0 heterocycles. The average molecular weight is 276 g/mol. The second-order valence-corrected chi connectivity index (χ2v) is 5.54. The van der Waals surface area contributed by atoms with E-state index in [-0.39, 0.29) is 36.0 Å². The first-order valence-electron chi connectivity index (χ1n) is 6.96. The maximum atomic E-state index is 13.4. The second-order valence-electron chi connectivity index (χ2n) is 5.54. The number of amides is 2. The van der Waals surface area contributed by atoms with Crippen molar-refractivity contribution in [2.24, 2.45) is 11.8 Å². The maximum absolute atomic E-state index is 13.4. The first kappa shape index (κ1) is 13.1. The summed E-state index contributed by atoms with van der Waals surface area (Å²) in [5, 5.41) is 5.60. The topological polar surface area (TPSA) is 58.2 Å². The Morgan fingerprint density at radius 1 is 1.15 bits per heavy atom. The monoisotopic (exact) mass is 276 g/mol. The number of hydrogen-bond donors (Lipinski definition) is 2. The van der Waals surface area contributed by atoms with Crippen LogP contribution in [0.3, 0.4) is 0 Å². The highest BCUT2D eigenvalue weighted by Gasteiger charge is 2.48. The lowest BCUT2D eigenvalue weighted by atomic mass is 10.2. The minimum atomic E-state index is -0.327.